The lowest BCUT2D eigenvalue weighted by Gasteiger charge is -2.18. The Morgan fingerprint density at radius 1 is 1.04 bits per heavy atom. The first-order valence-corrected chi connectivity index (χ1v) is 9.00. The van der Waals surface area contributed by atoms with Crippen LogP contribution in [0.3, 0.4) is 0 Å². The van der Waals surface area contributed by atoms with Crippen LogP contribution in [0, 0.1) is 6.92 Å². The first kappa shape index (κ1) is 16.8. The molecular weight excluding hydrogens is 396 g/mol. The average molecular weight is 411 g/mol. The second-order valence-electron chi connectivity index (χ2n) is 6.22. The van der Waals surface area contributed by atoms with Crippen LogP contribution in [-0.4, -0.2) is 11.9 Å². The number of carbonyl (C=O) groups excluding carboxylic acids is 1. The molecule has 1 aliphatic heterocycles. The second-order valence-corrected chi connectivity index (χ2v) is 7.14. The molecule has 2 aromatic carbocycles. The van der Waals surface area contributed by atoms with Gasteiger partial charge >= 0.3 is 5.63 Å². The van der Waals surface area contributed by atoms with Crippen molar-refractivity contribution >= 4 is 21.7 Å². The number of hydrogen-bond donors (Lipinski definition) is 0. The standard InChI is InChI=1S/C21H15BrO4/c1-12-11-16-18(21(24)25-12)17(13-5-3-2-4-6-13)20(26-16)19(23)14-7-9-15(22)10-8-14/h2-11,17,20H,1H3. The Bertz CT molecular complexity index is 1020. The Balaban J connectivity index is 1.84. The maximum atomic E-state index is 13.1. The summed E-state index contributed by atoms with van der Waals surface area (Å²) in [6, 6.07) is 18.2. The Morgan fingerprint density at radius 3 is 2.42 bits per heavy atom. The van der Waals surface area contributed by atoms with Gasteiger partial charge in [-0.2, -0.15) is 0 Å². The van der Waals surface area contributed by atoms with Gasteiger partial charge in [-0.1, -0.05) is 58.4 Å². The lowest BCUT2D eigenvalue weighted by Crippen LogP contribution is -2.31. The summed E-state index contributed by atoms with van der Waals surface area (Å²) in [5.74, 6) is 0.208. The van der Waals surface area contributed by atoms with Gasteiger partial charge in [0.25, 0.3) is 0 Å². The number of carbonyl (C=O) groups is 1. The van der Waals surface area contributed by atoms with E-state index < -0.39 is 17.6 Å². The van der Waals surface area contributed by atoms with E-state index in [1.807, 2.05) is 42.5 Å². The molecule has 0 radical (unpaired) electrons. The molecule has 3 aromatic rings. The highest BCUT2D eigenvalue weighted by molar-refractivity contribution is 9.10. The normalized spacial score (nSPS) is 18.2. The molecule has 2 heterocycles. The number of aryl methyl sites for hydroxylation is 1. The molecule has 4 rings (SSSR count). The van der Waals surface area contributed by atoms with Crippen molar-refractivity contribution in [1.29, 1.82) is 0 Å². The largest absolute Gasteiger partial charge is 0.481 e. The molecule has 2 unspecified atom stereocenters. The first-order chi connectivity index (χ1) is 12.5. The molecule has 1 aliphatic rings. The third-order valence-corrected chi connectivity index (χ3v) is 5.02. The maximum absolute atomic E-state index is 13.1. The Kier molecular flexibility index (Phi) is 4.24. The molecule has 4 nitrogen and oxygen atoms in total. The molecule has 0 saturated carbocycles. The van der Waals surface area contributed by atoms with Crippen LogP contribution >= 0.6 is 15.9 Å². The van der Waals surface area contributed by atoms with Crippen molar-refractivity contribution in [2.45, 2.75) is 18.9 Å². The molecule has 0 aliphatic carbocycles. The summed E-state index contributed by atoms with van der Waals surface area (Å²) in [4.78, 5) is 25.6. The van der Waals surface area contributed by atoms with Crippen LogP contribution in [0.25, 0.3) is 0 Å². The van der Waals surface area contributed by atoms with Gasteiger partial charge in [0.05, 0.1) is 11.5 Å². The van der Waals surface area contributed by atoms with Crippen LogP contribution < -0.4 is 10.4 Å². The van der Waals surface area contributed by atoms with Crippen LogP contribution in [-0.2, 0) is 0 Å². The van der Waals surface area contributed by atoms with E-state index in [2.05, 4.69) is 15.9 Å². The number of fused-ring (bicyclic) bond motifs is 1. The lowest BCUT2D eigenvalue weighted by atomic mass is 9.86. The number of ether oxygens (including phenoxy) is 1. The van der Waals surface area contributed by atoms with E-state index in [9.17, 15) is 9.59 Å². The van der Waals surface area contributed by atoms with Crippen molar-refractivity contribution in [3.63, 3.8) is 0 Å². The molecule has 5 heteroatoms. The zero-order valence-electron chi connectivity index (χ0n) is 13.9. The summed E-state index contributed by atoms with van der Waals surface area (Å²) in [5, 5.41) is 0. The quantitative estimate of drug-likeness (QED) is 0.597. The number of ketones is 1. The number of Topliss-reactive ketones (excluding diaryl/α,β-unsaturated/α-hetero) is 1. The van der Waals surface area contributed by atoms with Crippen LogP contribution in [0.2, 0.25) is 0 Å². The van der Waals surface area contributed by atoms with Gasteiger partial charge in [-0.25, -0.2) is 4.79 Å². The van der Waals surface area contributed by atoms with E-state index >= 15 is 0 Å². The van der Waals surface area contributed by atoms with E-state index in [0.717, 1.165) is 10.0 Å². The molecule has 1 aromatic heterocycles. The van der Waals surface area contributed by atoms with Crippen molar-refractivity contribution in [2.24, 2.45) is 0 Å². The first-order valence-electron chi connectivity index (χ1n) is 8.20. The highest BCUT2D eigenvalue weighted by Crippen LogP contribution is 2.41. The van der Waals surface area contributed by atoms with Crippen LogP contribution in [0.5, 0.6) is 5.75 Å². The Morgan fingerprint density at radius 2 is 1.73 bits per heavy atom. The number of halogens is 1. The molecule has 2 atom stereocenters. The molecule has 130 valence electrons. The highest BCUT2D eigenvalue weighted by atomic mass is 79.9. The predicted octanol–water partition coefficient (Wildman–Crippen LogP) is 4.49. The van der Waals surface area contributed by atoms with Gasteiger partial charge in [0, 0.05) is 16.1 Å². The van der Waals surface area contributed by atoms with Crippen molar-refractivity contribution < 1.29 is 13.9 Å². The Hall–Kier alpha value is -2.66. The number of benzene rings is 2. The SMILES string of the molecule is Cc1cc2c(c(=O)o1)C(c1ccccc1)C(C(=O)c1ccc(Br)cc1)O2. The predicted molar refractivity (Wildman–Crippen MR) is 101 cm³/mol. The summed E-state index contributed by atoms with van der Waals surface area (Å²) in [7, 11) is 0. The number of rotatable bonds is 3. The van der Waals surface area contributed by atoms with Crippen molar-refractivity contribution in [2.75, 3.05) is 0 Å². The van der Waals surface area contributed by atoms with Crippen LogP contribution in [0.4, 0.5) is 0 Å². The molecule has 0 N–H and O–H groups in total. The monoisotopic (exact) mass is 410 g/mol. The fourth-order valence-corrected chi connectivity index (χ4v) is 3.58. The van der Waals surface area contributed by atoms with Crippen molar-refractivity contribution in [3.05, 3.63) is 98.0 Å². The smallest absolute Gasteiger partial charge is 0.343 e. The maximum Gasteiger partial charge on any atom is 0.343 e. The van der Waals surface area contributed by atoms with E-state index in [4.69, 9.17) is 9.15 Å². The van der Waals surface area contributed by atoms with Gasteiger partial charge in [0.2, 0.25) is 5.78 Å². The minimum absolute atomic E-state index is 0.167. The van der Waals surface area contributed by atoms with E-state index in [0.29, 0.717) is 22.6 Å². The second kappa shape index (κ2) is 6.57. The van der Waals surface area contributed by atoms with Gasteiger partial charge in [-0.15, -0.1) is 0 Å². The van der Waals surface area contributed by atoms with E-state index in [1.54, 1.807) is 25.1 Å². The molecule has 0 fully saturated rings. The lowest BCUT2D eigenvalue weighted by molar-refractivity contribution is 0.0806. The van der Waals surface area contributed by atoms with Gasteiger partial charge < -0.3 is 9.15 Å². The molecule has 0 saturated heterocycles. The molecular formula is C21H15BrO4. The summed E-state index contributed by atoms with van der Waals surface area (Å²) >= 11 is 3.37. The molecule has 0 bridgehead atoms. The summed E-state index contributed by atoms with van der Waals surface area (Å²) in [6.45, 7) is 1.69. The van der Waals surface area contributed by atoms with Gasteiger partial charge in [0.15, 0.2) is 6.10 Å². The molecule has 0 amide bonds. The minimum Gasteiger partial charge on any atom is -0.481 e. The van der Waals surface area contributed by atoms with Crippen LogP contribution in [0.15, 0.2) is 74.3 Å². The van der Waals surface area contributed by atoms with Crippen LogP contribution in [0.1, 0.15) is 33.2 Å². The van der Waals surface area contributed by atoms with Gasteiger partial charge in [-0.3, -0.25) is 4.79 Å². The average Bonchev–Trinajstić information content (AvgIpc) is 3.02. The van der Waals surface area contributed by atoms with Crippen molar-refractivity contribution in [3.8, 4) is 5.75 Å². The summed E-state index contributed by atoms with van der Waals surface area (Å²) in [5.41, 5.74) is 1.32. The fourth-order valence-electron chi connectivity index (χ4n) is 3.31. The zero-order valence-corrected chi connectivity index (χ0v) is 15.5. The number of hydrogen-bond acceptors (Lipinski definition) is 4. The van der Waals surface area contributed by atoms with E-state index in [-0.39, 0.29) is 5.78 Å². The van der Waals surface area contributed by atoms with Gasteiger partial charge in [0.1, 0.15) is 11.5 Å². The van der Waals surface area contributed by atoms with Crippen molar-refractivity contribution in [1.82, 2.24) is 0 Å². The third-order valence-electron chi connectivity index (χ3n) is 4.49. The van der Waals surface area contributed by atoms with E-state index in [1.165, 1.54) is 0 Å². The fraction of sp³-hybridized carbons (Fsp3) is 0.143. The summed E-state index contributed by atoms with van der Waals surface area (Å²) < 4.78 is 12.1. The zero-order chi connectivity index (χ0) is 18.3. The third kappa shape index (κ3) is 2.88. The minimum atomic E-state index is -0.807. The van der Waals surface area contributed by atoms with Gasteiger partial charge in [-0.05, 0) is 24.6 Å². The Labute approximate surface area is 158 Å². The topological polar surface area (TPSA) is 56.5 Å². The highest BCUT2D eigenvalue weighted by Gasteiger charge is 2.43. The molecule has 26 heavy (non-hydrogen) atoms. The molecule has 0 spiro atoms. The summed E-state index contributed by atoms with van der Waals surface area (Å²) in [6.07, 6.45) is -0.807.